The molecule has 5 heteroatoms. The zero-order valence-electron chi connectivity index (χ0n) is 12.6. The first-order valence-electron chi connectivity index (χ1n) is 6.76. The van der Waals surface area contributed by atoms with Gasteiger partial charge in [-0.1, -0.05) is 26.0 Å². The molecule has 1 aromatic carbocycles. The monoisotopic (exact) mass is 296 g/mol. The van der Waals surface area contributed by atoms with Crippen LogP contribution in [-0.2, 0) is 21.3 Å². The average molecular weight is 296 g/mol. The number of hydrogen-bond acceptors (Lipinski definition) is 3. The minimum absolute atomic E-state index is 0.170. The predicted octanol–water partition coefficient (Wildman–Crippen LogP) is 2.19. The van der Waals surface area contributed by atoms with Crippen LogP contribution >= 0.6 is 0 Å². The number of anilines is 1. The van der Waals surface area contributed by atoms with Gasteiger partial charge >= 0.3 is 0 Å². The van der Waals surface area contributed by atoms with Crippen LogP contribution in [0.25, 0.3) is 0 Å². The van der Waals surface area contributed by atoms with Crippen molar-refractivity contribution in [3.05, 3.63) is 29.3 Å². The third-order valence-corrected chi connectivity index (χ3v) is 3.84. The van der Waals surface area contributed by atoms with Crippen LogP contribution in [0.3, 0.4) is 0 Å². The van der Waals surface area contributed by atoms with E-state index in [0.29, 0.717) is 18.1 Å². The predicted molar refractivity (Wildman–Crippen MR) is 85.0 cm³/mol. The van der Waals surface area contributed by atoms with Crippen LogP contribution in [0.15, 0.2) is 18.2 Å². The van der Waals surface area contributed by atoms with E-state index in [1.165, 1.54) is 0 Å². The van der Waals surface area contributed by atoms with Crippen LogP contribution in [0.1, 0.15) is 31.4 Å². The van der Waals surface area contributed by atoms with Crippen LogP contribution in [0.4, 0.5) is 5.69 Å². The Bertz CT molecular complexity index is 501. The van der Waals surface area contributed by atoms with E-state index in [-0.39, 0.29) is 5.91 Å². The van der Waals surface area contributed by atoms with Gasteiger partial charge in [0, 0.05) is 28.5 Å². The molecule has 2 atom stereocenters. The molecule has 1 amide bonds. The second kappa shape index (κ2) is 7.55. The van der Waals surface area contributed by atoms with Gasteiger partial charge in [0.2, 0.25) is 5.91 Å². The molecule has 4 nitrogen and oxygen atoms in total. The fourth-order valence-electron chi connectivity index (χ4n) is 2.03. The maximum Gasteiger partial charge on any atom is 0.241 e. The van der Waals surface area contributed by atoms with Crippen molar-refractivity contribution in [1.29, 1.82) is 0 Å². The molecule has 1 rings (SSSR count). The summed E-state index contributed by atoms with van der Waals surface area (Å²) in [6.07, 6.45) is 2.33. The topological polar surface area (TPSA) is 72.2 Å². The highest BCUT2D eigenvalue weighted by Gasteiger charge is 2.16. The van der Waals surface area contributed by atoms with Crippen LogP contribution in [0.2, 0.25) is 0 Å². The quantitative estimate of drug-likeness (QED) is 0.845. The minimum Gasteiger partial charge on any atom is -0.324 e. The van der Waals surface area contributed by atoms with Gasteiger partial charge in [0.15, 0.2) is 0 Å². The Morgan fingerprint density at radius 1 is 1.40 bits per heavy atom. The zero-order valence-corrected chi connectivity index (χ0v) is 13.4. The summed E-state index contributed by atoms with van der Waals surface area (Å²) in [5.41, 5.74) is 8.56. The zero-order chi connectivity index (χ0) is 15.3. The summed E-state index contributed by atoms with van der Waals surface area (Å²) in [6.45, 7) is 6.00. The van der Waals surface area contributed by atoms with Gasteiger partial charge in [-0.15, -0.1) is 0 Å². The Balaban J connectivity index is 2.82. The lowest BCUT2D eigenvalue weighted by atomic mass is 10.0. The highest BCUT2D eigenvalue weighted by atomic mass is 32.2. The number of amides is 1. The van der Waals surface area contributed by atoms with Gasteiger partial charge in [-0.3, -0.25) is 9.00 Å². The number of nitrogens with two attached hydrogens (primary N) is 1. The van der Waals surface area contributed by atoms with Gasteiger partial charge in [0.05, 0.1) is 6.04 Å². The number of hydrogen-bond donors (Lipinski definition) is 2. The third-order valence-electron chi connectivity index (χ3n) is 3.12. The van der Waals surface area contributed by atoms with Gasteiger partial charge in [0.1, 0.15) is 0 Å². The summed E-state index contributed by atoms with van der Waals surface area (Å²) in [4.78, 5) is 12.0. The van der Waals surface area contributed by atoms with E-state index in [1.54, 1.807) is 6.26 Å². The van der Waals surface area contributed by atoms with E-state index in [0.717, 1.165) is 16.8 Å². The number of nitrogens with one attached hydrogen (secondary N) is 1. The van der Waals surface area contributed by atoms with Crippen LogP contribution < -0.4 is 11.1 Å². The molecular formula is C15H24N2O2S. The smallest absolute Gasteiger partial charge is 0.241 e. The first kappa shape index (κ1) is 16.9. The molecule has 0 bridgehead atoms. The lowest BCUT2D eigenvalue weighted by molar-refractivity contribution is -0.117. The summed E-state index contributed by atoms with van der Waals surface area (Å²) in [5.74, 6) is 0.704. The highest BCUT2D eigenvalue weighted by molar-refractivity contribution is 7.83. The van der Waals surface area contributed by atoms with Gasteiger partial charge < -0.3 is 11.1 Å². The van der Waals surface area contributed by atoms with Crippen LogP contribution in [-0.4, -0.2) is 22.4 Å². The molecule has 0 radical (unpaired) electrons. The van der Waals surface area contributed by atoms with E-state index in [1.807, 2.05) is 39.0 Å². The fraction of sp³-hybridized carbons (Fsp3) is 0.533. The Hall–Kier alpha value is -1.20. The van der Waals surface area contributed by atoms with E-state index in [2.05, 4.69) is 5.32 Å². The molecule has 1 unspecified atom stereocenters. The van der Waals surface area contributed by atoms with E-state index in [4.69, 9.17) is 5.73 Å². The normalized spacial score (nSPS) is 14.1. The maximum absolute atomic E-state index is 12.0. The molecule has 0 aliphatic heterocycles. The Morgan fingerprint density at radius 2 is 2.05 bits per heavy atom. The van der Waals surface area contributed by atoms with E-state index >= 15 is 0 Å². The lowest BCUT2D eigenvalue weighted by Gasteiger charge is -2.16. The number of benzene rings is 1. The maximum atomic E-state index is 12.0. The van der Waals surface area contributed by atoms with Gasteiger partial charge in [-0.25, -0.2) is 0 Å². The highest BCUT2D eigenvalue weighted by Crippen LogP contribution is 2.20. The molecule has 0 saturated heterocycles. The Labute approximate surface area is 123 Å². The second-order valence-corrected chi connectivity index (χ2v) is 6.97. The molecule has 0 spiro atoms. The number of carbonyl (C=O) groups is 1. The van der Waals surface area contributed by atoms with Gasteiger partial charge in [0.25, 0.3) is 0 Å². The molecule has 3 N–H and O–H groups in total. The van der Waals surface area contributed by atoms with Crippen molar-refractivity contribution < 1.29 is 9.00 Å². The lowest BCUT2D eigenvalue weighted by Crippen LogP contribution is -2.36. The summed E-state index contributed by atoms with van der Waals surface area (Å²) < 4.78 is 11.3. The molecule has 0 heterocycles. The fourth-order valence-corrected chi connectivity index (χ4v) is 2.79. The first-order chi connectivity index (χ1) is 9.31. The minimum atomic E-state index is -0.902. The van der Waals surface area contributed by atoms with Crippen LogP contribution in [0, 0.1) is 12.8 Å². The summed E-state index contributed by atoms with van der Waals surface area (Å²) in [7, 11) is -0.902. The summed E-state index contributed by atoms with van der Waals surface area (Å²) in [5, 5.41) is 2.87. The van der Waals surface area contributed by atoms with E-state index in [9.17, 15) is 9.00 Å². The third kappa shape index (κ3) is 5.06. The molecule has 20 heavy (non-hydrogen) atoms. The standard InChI is InChI=1S/C15H24N2O2S/c1-10(2)8-13(16)15(18)17-14-7-5-6-12(11(14)3)9-20(4)19/h5-7,10,13H,8-9,16H2,1-4H3,(H,17,18)/t13-,20?/m0/s1. The van der Waals surface area contributed by atoms with Crippen molar-refractivity contribution in [2.45, 2.75) is 39.0 Å². The molecule has 1 aromatic rings. The Kier molecular flexibility index (Phi) is 6.36. The van der Waals surface area contributed by atoms with Crippen molar-refractivity contribution >= 4 is 22.4 Å². The van der Waals surface area contributed by atoms with Crippen molar-refractivity contribution in [2.75, 3.05) is 11.6 Å². The average Bonchev–Trinajstić information content (AvgIpc) is 2.32. The second-order valence-electron chi connectivity index (χ2n) is 5.53. The van der Waals surface area contributed by atoms with E-state index < -0.39 is 16.8 Å². The SMILES string of the molecule is Cc1c(CS(C)=O)cccc1NC(=O)[C@@H](N)CC(C)C. The summed E-state index contributed by atoms with van der Waals surface area (Å²) >= 11 is 0. The molecular weight excluding hydrogens is 272 g/mol. The molecule has 0 aliphatic carbocycles. The van der Waals surface area contributed by atoms with Crippen molar-refractivity contribution in [3.8, 4) is 0 Å². The van der Waals surface area contributed by atoms with Crippen LogP contribution in [0.5, 0.6) is 0 Å². The van der Waals surface area contributed by atoms with Crippen molar-refractivity contribution in [3.63, 3.8) is 0 Å². The molecule has 0 fully saturated rings. The molecule has 0 aromatic heterocycles. The Morgan fingerprint density at radius 3 is 2.60 bits per heavy atom. The summed E-state index contributed by atoms with van der Waals surface area (Å²) in [6, 6.07) is 5.13. The first-order valence-corrected chi connectivity index (χ1v) is 8.49. The van der Waals surface area contributed by atoms with Gasteiger partial charge in [-0.2, -0.15) is 0 Å². The molecule has 112 valence electrons. The molecule has 0 aliphatic rings. The largest absolute Gasteiger partial charge is 0.324 e. The number of carbonyl (C=O) groups excluding carboxylic acids is 1. The van der Waals surface area contributed by atoms with Crippen molar-refractivity contribution in [2.24, 2.45) is 11.7 Å². The van der Waals surface area contributed by atoms with Gasteiger partial charge in [-0.05, 0) is 36.5 Å². The number of rotatable bonds is 6. The van der Waals surface area contributed by atoms with Crippen molar-refractivity contribution in [1.82, 2.24) is 0 Å². The molecule has 0 saturated carbocycles.